The van der Waals surface area contributed by atoms with Crippen molar-refractivity contribution in [2.75, 3.05) is 40.8 Å². The van der Waals surface area contributed by atoms with Gasteiger partial charge in [0.1, 0.15) is 6.61 Å². The van der Waals surface area contributed by atoms with E-state index in [2.05, 4.69) is 11.9 Å². The molecule has 0 rings (SSSR count). The van der Waals surface area contributed by atoms with Crippen LogP contribution in [0.25, 0.3) is 0 Å². The molecule has 0 aliphatic heterocycles. The highest BCUT2D eigenvalue weighted by Gasteiger charge is 2.07. The van der Waals surface area contributed by atoms with E-state index in [0.29, 0.717) is 18.6 Å². The van der Waals surface area contributed by atoms with E-state index in [0.717, 1.165) is 13.1 Å². The predicted molar refractivity (Wildman–Crippen MR) is 57.2 cm³/mol. The smallest absolute Gasteiger partial charge is 0.333 e. The van der Waals surface area contributed by atoms with Gasteiger partial charge in [-0.15, -0.1) is 0 Å². The fraction of sp³-hybridized carbons (Fsp3) is 0.700. The summed E-state index contributed by atoms with van der Waals surface area (Å²) in [6, 6.07) is 0. The fourth-order valence-electron chi connectivity index (χ4n) is 0.801. The van der Waals surface area contributed by atoms with E-state index in [9.17, 15) is 4.79 Å². The molecule has 0 aromatic carbocycles. The molecule has 0 aliphatic carbocycles. The summed E-state index contributed by atoms with van der Waals surface area (Å²) in [5.41, 5.74) is 0.526. The average Bonchev–Trinajstić information content (AvgIpc) is 2.13. The summed E-state index contributed by atoms with van der Waals surface area (Å²) >= 11 is 0. The van der Waals surface area contributed by atoms with Gasteiger partial charge in [0.15, 0.2) is 0 Å². The lowest BCUT2D eigenvalue weighted by Crippen LogP contribution is -2.21. The number of hydrogen-bond donors (Lipinski definition) is 1. The third-order valence-corrected chi connectivity index (χ3v) is 1.74. The van der Waals surface area contributed by atoms with Crippen molar-refractivity contribution in [2.45, 2.75) is 6.42 Å². The SMILES string of the molecule is C=C(CCNC)C(=O)OCCN(C)C. The second-order valence-electron chi connectivity index (χ2n) is 3.40. The van der Waals surface area contributed by atoms with Crippen molar-refractivity contribution in [3.8, 4) is 0 Å². The van der Waals surface area contributed by atoms with Gasteiger partial charge >= 0.3 is 5.97 Å². The van der Waals surface area contributed by atoms with Crippen LogP contribution in [-0.4, -0.2) is 51.7 Å². The molecule has 0 amide bonds. The molecule has 0 saturated carbocycles. The minimum Gasteiger partial charge on any atom is -0.461 e. The Hall–Kier alpha value is -0.870. The zero-order valence-electron chi connectivity index (χ0n) is 9.30. The molecule has 14 heavy (non-hydrogen) atoms. The molecule has 0 bridgehead atoms. The van der Waals surface area contributed by atoms with Crippen molar-refractivity contribution >= 4 is 5.97 Å². The molecule has 0 spiro atoms. The van der Waals surface area contributed by atoms with Crippen LogP contribution in [0, 0.1) is 0 Å². The summed E-state index contributed by atoms with van der Waals surface area (Å²) in [4.78, 5) is 13.2. The molecule has 82 valence electrons. The first kappa shape index (κ1) is 13.1. The van der Waals surface area contributed by atoms with Crippen LogP contribution in [-0.2, 0) is 9.53 Å². The van der Waals surface area contributed by atoms with E-state index in [-0.39, 0.29) is 5.97 Å². The topological polar surface area (TPSA) is 41.6 Å². The van der Waals surface area contributed by atoms with Crippen LogP contribution in [0.15, 0.2) is 12.2 Å². The maximum atomic E-state index is 11.3. The Labute approximate surface area is 85.9 Å². The quantitative estimate of drug-likeness (QED) is 0.473. The van der Waals surface area contributed by atoms with Crippen LogP contribution in [0.2, 0.25) is 0 Å². The molecule has 0 heterocycles. The number of esters is 1. The van der Waals surface area contributed by atoms with Crippen LogP contribution in [0.5, 0.6) is 0 Å². The Bertz CT molecular complexity index is 191. The first-order valence-corrected chi connectivity index (χ1v) is 4.72. The minimum atomic E-state index is -0.290. The largest absolute Gasteiger partial charge is 0.461 e. The standard InChI is InChI=1S/C10H20N2O2/c1-9(5-6-11-2)10(13)14-8-7-12(3)4/h11H,1,5-8H2,2-4H3. The Balaban J connectivity index is 3.57. The molecular weight excluding hydrogens is 180 g/mol. The van der Waals surface area contributed by atoms with Crippen molar-refractivity contribution in [1.29, 1.82) is 0 Å². The molecule has 1 N–H and O–H groups in total. The summed E-state index contributed by atoms with van der Waals surface area (Å²) in [6.07, 6.45) is 0.636. The van der Waals surface area contributed by atoms with E-state index < -0.39 is 0 Å². The van der Waals surface area contributed by atoms with E-state index >= 15 is 0 Å². The fourth-order valence-corrected chi connectivity index (χ4v) is 0.801. The predicted octanol–water partition coefficient (Wildman–Crippen LogP) is 0.257. The molecule has 0 unspecified atom stereocenters. The third-order valence-electron chi connectivity index (χ3n) is 1.74. The Kier molecular flexibility index (Phi) is 7.06. The average molecular weight is 200 g/mol. The van der Waals surface area contributed by atoms with Gasteiger partial charge in [-0.2, -0.15) is 0 Å². The second kappa shape index (κ2) is 7.53. The van der Waals surface area contributed by atoms with Crippen LogP contribution < -0.4 is 5.32 Å². The maximum absolute atomic E-state index is 11.3. The molecular formula is C10H20N2O2. The van der Waals surface area contributed by atoms with Crippen molar-refractivity contribution in [2.24, 2.45) is 0 Å². The van der Waals surface area contributed by atoms with Crippen LogP contribution in [0.4, 0.5) is 0 Å². The van der Waals surface area contributed by atoms with Gasteiger partial charge in [0.2, 0.25) is 0 Å². The van der Waals surface area contributed by atoms with Crippen LogP contribution in [0.1, 0.15) is 6.42 Å². The van der Waals surface area contributed by atoms with Gasteiger partial charge in [0.25, 0.3) is 0 Å². The van der Waals surface area contributed by atoms with Gasteiger partial charge in [0, 0.05) is 12.1 Å². The number of rotatable bonds is 7. The van der Waals surface area contributed by atoms with Gasteiger partial charge in [-0.3, -0.25) is 0 Å². The van der Waals surface area contributed by atoms with Gasteiger partial charge in [0.05, 0.1) is 0 Å². The molecule has 0 atom stereocenters. The lowest BCUT2D eigenvalue weighted by atomic mass is 10.2. The highest BCUT2D eigenvalue weighted by atomic mass is 16.5. The summed E-state index contributed by atoms with van der Waals surface area (Å²) < 4.78 is 5.00. The maximum Gasteiger partial charge on any atom is 0.333 e. The van der Waals surface area contributed by atoms with E-state index in [1.165, 1.54) is 0 Å². The summed E-state index contributed by atoms with van der Waals surface area (Å²) in [6.45, 7) is 5.58. The normalized spacial score (nSPS) is 10.3. The number of carbonyl (C=O) groups excluding carboxylic acids is 1. The van der Waals surface area contributed by atoms with Gasteiger partial charge in [-0.05, 0) is 34.1 Å². The minimum absolute atomic E-state index is 0.290. The first-order chi connectivity index (χ1) is 6.57. The molecule has 4 heteroatoms. The highest BCUT2D eigenvalue weighted by molar-refractivity contribution is 5.87. The van der Waals surface area contributed by atoms with Crippen LogP contribution >= 0.6 is 0 Å². The molecule has 4 nitrogen and oxygen atoms in total. The zero-order chi connectivity index (χ0) is 11.0. The number of nitrogens with zero attached hydrogens (tertiary/aromatic N) is 1. The zero-order valence-corrected chi connectivity index (χ0v) is 9.30. The highest BCUT2D eigenvalue weighted by Crippen LogP contribution is 1.99. The number of ether oxygens (including phenoxy) is 1. The van der Waals surface area contributed by atoms with E-state index in [1.807, 2.05) is 26.0 Å². The molecule has 0 radical (unpaired) electrons. The summed E-state index contributed by atoms with van der Waals surface area (Å²) in [5, 5.41) is 2.95. The van der Waals surface area contributed by atoms with Gasteiger partial charge in [-0.25, -0.2) is 4.79 Å². The Morgan fingerprint density at radius 3 is 2.64 bits per heavy atom. The van der Waals surface area contributed by atoms with Crippen LogP contribution in [0.3, 0.4) is 0 Å². The lowest BCUT2D eigenvalue weighted by molar-refractivity contribution is -0.139. The molecule has 0 fully saturated rings. The van der Waals surface area contributed by atoms with E-state index in [1.54, 1.807) is 0 Å². The molecule has 0 saturated heterocycles. The second-order valence-corrected chi connectivity index (χ2v) is 3.40. The van der Waals surface area contributed by atoms with Crippen molar-refractivity contribution in [3.63, 3.8) is 0 Å². The Morgan fingerprint density at radius 2 is 2.14 bits per heavy atom. The third kappa shape index (κ3) is 6.62. The van der Waals surface area contributed by atoms with Crippen molar-refractivity contribution in [3.05, 3.63) is 12.2 Å². The Morgan fingerprint density at radius 1 is 1.50 bits per heavy atom. The number of likely N-dealkylation sites (N-methyl/N-ethyl adjacent to an activating group) is 1. The monoisotopic (exact) mass is 200 g/mol. The lowest BCUT2D eigenvalue weighted by Gasteiger charge is -2.10. The van der Waals surface area contributed by atoms with Gasteiger partial charge < -0.3 is 15.0 Å². The van der Waals surface area contributed by atoms with E-state index in [4.69, 9.17) is 4.74 Å². The summed E-state index contributed by atoms with van der Waals surface area (Å²) in [5.74, 6) is -0.290. The van der Waals surface area contributed by atoms with Crippen molar-refractivity contribution in [1.82, 2.24) is 10.2 Å². The number of carbonyl (C=O) groups is 1. The van der Waals surface area contributed by atoms with Gasteiger partial charge in [-0.1, -0.05) is 6.58 Å². The molecule has 0 aliphatic rings. The van der Waals surface area contributed by atoms with Crippen molar-refractivity contribution < 1.29 is 9.53 Å². The number of hydrogen-bond acceptors (Lipinski definition) is 4. The summed E-state index contributed by atoms with van der Waals surface area (Å²) in [7, 11) is 5.71. The number of nitrogens with one attached hydrogen (secondary N) is 1. The molecule has 0 aromatic rings. The first-order valence-electron chi connectivity index (χ1n) is 4.72. The molecule has 0 aromatic heterocycles.